The molecule has 0 spiro atoms. The van der Waals surface area contributed by atoms with Gasteiger partial charge in [0.1, 0.15) is 0 Å². The Morgan fingerprint density at radius 2 is 1.57 bits per heavy atom. The maximum absolute atomic E-state index is 13.0. The van der Waals surface area contributed by atoms with E-state index in [1.165, 1.54) is 24.3 Å². The van der Waals surface area contributed by atoms with E-state index in [1.54, 1.807) is 38.1 Å². The minimum absolute atomic E-state index is 0.0395. The third-order valence-electron chi connectivity index (χ3n) is 4.65. The quantitative estimate of drug-likeness (QED) is 0.553. The van der Waals surface area contributed by atoms with Crippen LogP contribution in [0.1, 0.15) is 29.7 Å². The molecule has 3 rings (SSSR count). The van der Waals surface area contributed by atoms with E-state index < -0.39 is 39.6 Å². The van der Waals surface area contributed by atoms with Gasteiger partial charge in [-0.05, 0) is 43.7 Å². The van der Waals surface area contributed by atoms with Crippen LogP contribution in [0.4, 0.5) is 13.2 Å². The molecule has 1 fully saturated rings. The number of β-lactam (4-membered cyclic amide) rings is 1. The van der Waals surface area contributed by atoms with Crippen LogP contribution < -0.4 is 0 Å². The Morgan fingerprint density at radius 3 is 2.07 bits per heavy atom. The molecule has 1 heterocycles. The van der Waals surface area contributed by atoms with Crippen LogP contribution >= 0.6 is 0 Å². The summed E-state index contributed by atoms with van der Waals surface area (Å²) < 4.78 is 65.2. The molecule has 0 aliphatic carbocycles. The summed E-state index contributed by atoms with van der Waals surface area (Å²) in [6.07, 6.45) is -1.31. The van der Waals surface area contributed by atoms with E-state index in [2.05, 4.69) is 0 Å². The van der Waals surface area contributed by atoms with Gasteiger partial charge in [0.15, 0.2) is 0 Å². The Morgan fingerprint density at radius 1 is 1.00 bits per heavy atom. The number of allylic oxidation sites excluding steroid dienone is 1. The fourth-order valence-electron chi connectivity index (χ4n) is 3.18. The standard InChI is InChI=1S/C20H18F3NO3S/c1-3-4-17-18(14-7-9-15(10-8-14)20(21,22)23)24(19(17)25)28(26,27)16-11-5-13(2)6-12-16/h3-12,17-18H,1-2H3/b4-3+/t17-,18-/m0/s1. The summed E-state index contributed by atoms with van der Waals surface area (Å²) in [5.41, 5.74) is 0.351. The van der Waals surface area contributed by atoms with Crippen molar-refractivity contribution in [3.8, 4) is 0 Å². The number of hydrogen-bond acceptors (Lipinski definition) is 3. The average Bonchev–Trinajstić information content (AvgIpc) is 2.63. The monoisotopic (exact) mass is 409 g/mol. The van der Waals surface area contributed by atoms with Crippen molar-refractivity contribution in [2.45, 2.75) is 31.0 Å². The third-order valence-corrected chi connectivity index (χ3v) is 6.45. The van der Waals surface area contributed by atoms with Gasteiger partial charge in [-0.3, -0.25) is 4.79 Å². The van der Waals surface area contributed by atoms with Gasteiger partial charge in [0, 0.05) is 0 Å². The van der Waals surface area contributed by atoms with Crippen LogP contribution in [0.5, 0.6) is 0 Å². The van der Waals surface area contributed by atoms with Crippen molar-refractivity contribution in [3.05, 3.63) is 77.4 Å². The first-order valence-corrected chi connectivity index (χ1v) is 9.96. The Kier molecular flexibility index (Phi) is 5.10. The molecule has 1 aliphatic rings. The van der Waals surface area contributed by atoms with Crippen LogP contribution in [0.3, 0.4) is 0 Å². The molecule has 0 aromatic heterocycles. The Labute approximate surface area is 161 Å². The molecule has 28 heavy (non-hydrogen) atoms. The van der Waals surface area contributed by atoms with E-state index in [-0.39, 0.29) is 4.90 Å². The highest BCUT2D eigenvalue weighted by Crippen LogP contribution is 2.45. The molecule has 1 aliphatic heterocycles. The van der Waals surface area contributed by atoms with Gasteiger partial charge in [0.05, 0.1) is 22.4 Å². The van der Waals surface area contributed by atoms with Crippen molar-refractivity contribution in [1.29, 1.82) is 0 Å². The van der Waals surface area contributed by atoms with E-state index >= 15 is 0 Å². The number of alkyl halides is 3. The van der Waals surface area contributed by atoms with Gasteiger partial charge in [0.2, 0.25) is 5.91 Å². The molecule has 0 bridgehead atoms. The first-order chi connectivity index (χ1) is 13.1. The molecule has 1 saturated heterocycles. The average molecular weight is 409 g/mol. The first kappa shape index (κ1) is 20.1. The summed E-state index contributed by atoms with van der Waals surface area (Å²) in [6, 6.07) is 9.37. The van der Waals surface area contributed by atoms with Crippen molar-refractivity contribution in [1.82, 2.24) is 4.31 Å². The number of sulfonamides is 1. The molecule has 8 heteroatoms. The lowest BCUT2D eigenvalue weighted by Gasteiger charge is -2.45. The number of hydrogen-bond donors (Lipinski definition) is 0. The predicted octanol–water partition coefficient (Wildman–Crippen LogP) is 4.48. The SMILES string of the molecule is C/C=C/[C@@H]1C(=O)N(S(=O)(=O)c2ccc(C)cc2)[C@H]1c1ccc(C(F)(F)F)cc1. The second-order valence-corrected chi connectivity index (χ2v) is 8.38. The van der Waals surface area contributed by atoms with Crippen LogP contribution in [0.25, 0.3) is 0 Å². The lowest BCUT2D eigenvalue weighted by Crippen LogP contribution is -2.56. The van der Waals surface area contributed by atoms with Gasteiger partial charge in [0.25, 0.3) is 10.0 Å². The van der Waals surface area contributed by atoms with Crippen LogP contribution in [0.2, 0.25) is 0 Å². The van der Waals surface area contributed by atoms with Crippen LogP contribution in [0, 0.1) is 12.8 Å². The normalized spacial score (nSPS) is 20.5. The van der Waals surface area contributed by atoms with E-state index in [0.717, 1.165) is 22.0 Å². The topological polar surface area (TPSA) is 54.5 Å². The summed E-state index contributed by atoms with van der Waals surface area (Å²) in [5.74, 6) is -1.36. The lowest BCUT2D eigenvalue weighted by molar-refractivity contribution is -0.143. The van der Waals surface area contributed by atoms with Crippen LogP contribution in [-0.2, 0) is 21.0 Å². The summed E-state index contributed by atoms with van der Waals surface area (Å²) in [7, 11) is -4.13. The van der Waals surface area contributed by atoms with Gasteiger partial charge in [-0.25, -0.2) is 12.7 Å². The summed E-state index contributed by atoms with van der Waals surface area (Å²) in [5, 5.41) is 0. The fourth-order valence-corrected chi connectivity index (χ4v) is 4.80. The van der Waals surface area contributed by atoms with Crippen molar-refractivity contribution in [2.24, 2.45) is 5.92 Å². The molecule has 148 valence electrons. The fraction of sp³-hybridized carbons (Fsp3) is 0.250. The van der Waals surface area contributed by atoms with Gasteiger partial charge in [-0.1, -0.05) is 42.0 Å². The molecule has 2 atom stereocenters. The lowest BCUT2D eigenvalue weighted by atomic mass is 9.84. The largest absolute Gasteiger partial charge is 0.416 e. The number of halogens is 3. The summed E-state index contributed by atoms with van der Waals surface area (Å²) in [6.45, 7) is 3.49. The van der Waals surface area contributed by atoms with E-state index in [1.807, 2.05) is 0 Å². The number of carbonyl (C=O) groups excluding carboxylic acids is 1. The van der Waals surface area contributed by atoms with E-state index in [9.17, 15) is 26.4 Å². The van der Waals surface area contributed by atoms with Crippen molar-refractivity contribution in [2.75, 3.05) is 0 Å². The maximum atomic E-state index is 13.0. The zero-order chi connectivity index (χ0) is 20.7. The first-order valence-electron chi connectivity index (χ1n) is 8.52. The van der Waals surface area contributed by atoms with Crippen molar-refractivity contribution >= 4 is 15.9 Å². The highest BCUT2D eigenvalue weighted by Gasteiger charge is 2.53. The zero-order valence-corrected chi connectivity index (χ0v) is 16.0. The molecule has 0 unspecified atom stereocenters. The van der Waals surface area contributed by atoms with E-state index in [4.69, 9.17) is 0 Å². The molecule has 2 aromatic rings. The maximum Gasteiger partial charge on any atom is 0.416 e. The molecular formula is C20H18F3NO3S. The second-order valence-electron chi connectivity index (χ2n) is 6.57. The number of rotatable bonds is 4. The minimum atomic E-state index is -4.50. The molecule has 2 aromatic carbocycles. The van der Waals surface area contributed by atoms with Crippen molar-refractivity contribution < 1.29 is 26.4 Å². The molecule has 0 radical (unpaired) electrons. The van der Waals surface area contributed by atoms with Gasteiger partial charge in [-0.2, -0.15) is 13.2 Å². The smallest absolute Gasteiger partial charge is 0.273 e. The number of nitrogens with zero attached hydrogens (tertiary/aromatic N) is 1. The Bertz CT molecular complexity index is 1010. The predicted molar refractivity (Wildman–Crippen MR) is 97.7 cm³/mol. The molecule has 0 N–H and O–H groups in total. The number of carbonyl (C=O) groups is 1. The summed E-state index contributed by atoms with van der Waals surface area (Å²) in [4.78, 5) is 12.5. The number of benzene rings is 2. The molecule has 1 amide bonds. The molecule has 4 nitrogen and oxygen atoms in total. The highest BCUT2D eigenvalue weighted by atomic mass is 32.2. The number of aryl methyl sites for hydroxylation is 1. The Balaban J connectivity index is 2.03. The van der Waals surface area contributed by atoms with Gasteiger partial charge in [-0.15, -0.1) is 0 Å². The molecular weight excluding hydrogens is 391 g/mol. The van der Waals surface area contributed by atoms with Crippen LogP contribution in [0.15, 0.2) is 65.6 Å². The highest BCUT2D eigenvalue weighted by molar-refractivity contribution is 7.89. The summed E-state index contributed by atoms with van der Waals surface area (Å²) >= 11 is 0. The third kappa shape index (κ3) is 3.44. The van der Waals surface area contributed by atoms with Crippen LogP contribution in [-0.4, -0.2) is 18.6 Å². The van der Waals surface area contributed by atoms with Gasteiger partial charge >= 0.3 is 6.18 Å². The number of amides is 1. The van der Waals surface area contributed by atoms with Gasteiger partial charge < -0.3 is 0 Å². The zero-order valence-electron chi connectivity index (χ0n) is 15.1. The van der Waals surface area contributed by atoms with E-state index in [0.29, 0.717) is 5.56 Å². The molecule has 0 saturated carbocycles. The minimum Gasteiger partial charge on any atom is -0.273 e. The Hall–Kier alpha value is -2.61. The second kappa shape index (κ2) is 7.09. The van der Waals surface area contributed by atoms with Crippen molar-refractivity contribution in [3.63, 3.8) is 0 Å².